The minimum Gasteiger partial charge on any atom is -0.478 e. The van der Waals surface area contributed by atoms with Crippen LogP contribution in [0.1, 0.15) is 28.8 Å². The van der Waals surface area contributed by atoms with Crippen molar-refractivity contribution in [3.05, 3.63) is 35.4 Å². The van der Waals surface area contributed by atoms with E-state index in [1.807, 2.05) is 6.07 Å². The highest BCUT2D eigenvalue weighted by Crippen LogP contribution is 2.12. The molecule has 1 fully saturated rings. The zero-order valence-corrected chi connectivity index (χ0v) is 10.3. The average molecular weight is 246 g/mol. The lowest BCUT2D eigenvalue weighted by Gasteiger charge is -2.20. The molecular formula is C14H18N2O2. The van der Waals surface area contributed by atoms with Crippen molar-refractivity contribution in [2.24, 2.45) is 10.9 Å². The van der Waals surface area contributed by atoms with Crippen molar-refractivity contribution >= 4 is 12.2 Å². The molecule has 18 heavy (non-hydrogen) atoms. The summed E-state index contributed by atoms with van der Waals surface area (Å²) >= 11 is 0. The fourth-order valence-corrected chi connectivity index (χ4v) is 2.17. The minimum absolute atomic E-state index is 0.312. The second-order valence-electron chi connectivity index (χ2n) is 4.58. The van der Waals surface area contributed by atoms with Crippen molar-refractivity contribution in [2.75, 3.05) is 19.6 Å². The Hall–Kier alpha value is -1.68. The third-order valence-corrected chi connectivity index (χ3v) is 3.24. The van der Waals surface area contributed by atoms with Crippen LogP contribution in [0.3, 0.4) is 0 Å². The Morgan fingerprint density at radius 3 is 2.83 bits per heavy atom. The maximum absolute atomic E-state index is 11.0. The number of nitrogens with one attached hydrogen (secondary N) is 1. The van der Waals surface area contributed by atoms with E-state index in [1.54, 1.807) is 24.4 Å². The molecule has 2 rings (SSSR count). The summed E-state index contributed by atoms with van der Waals surface area (Å²) < 4.78 is 0. The standard InChI is InChI=1S/C14H18N2O2/c17-14(18)13-4-2-1-3-12(13)10-16-9-11-5-7-15-8-6-11/h1-4,10-11,15H,5-9H2,(H,17,18). The van der Waals surface area contributed by atoms with E-state index in [2.05, 4.69) is 10.3 Å². The summed E-state index contributed by atoms with van der Waals surface area (Å²) in [6.45, 7) is 2.91. The van der Waals surface area contributed by atoms with E-state index in [1.165, 1.54) is 0 Å². The lowest BCUT2D eigenvalue weighted by molar-refractivity contribution is 0.0697. The fraction of sp³-hybridized carbons (Fsp3) is 0.429. The summed E-state index contributed by atoms with van der Waals surface area (Å²) in [5.74, 6) is -0.279. The molecule has 96 valence electrons. The third-order valence-electron chi connectivity index (χ3n) is 3.24. The lowest BCUT2D eigenvalue weighted by atomic mass is 9.98. The van der Waals surface area contributed by atoms with Gasteiger partial charge in [-0.2, -0.15) is 0 Å². The van der Waals surface area contributed by atoms with Crippen molar-refractivity contribution < 1.29 is 9.90 Å². The van der Waals surface area contributed by atoms with Crippen LogP contribution in [0.2, 0.25) is 0 Å². The van der Waals surface area contributed by atoms with Gasteiger partial charge in [-0.15, -0.1) is 0 Å². The number of aliphatic imine (C=N–C) groups is 1. The van der Waals surface area contributed by atoms with Crippen molar-refractivity contribution in [2.45, 2.75) is 12.8 Å². The molecule has 0 spiro atoms. The monoisotopic (exact) mass is 246 g/mol. The number of rotatable bonds is 4. The Morgan fingerprint density at radius 2 is 2.11 bits per heavy atom. The van der Waals surface area contributed by atoms with Crippen LogP contribution in [-0.2, 0) is 0 Å². The fourth-order valence-electron chi connectivity index (χ4n) is 2.17. The maximum atomic E-state index is 11.0. The highest BCUT2D eigenvalue weighted by Gasteiger charge is 2.12. The van der Waals surface area contributed by atoms with Crippen LogP contribution < -0.4 is 5.32 Å². The predicted octanol–water partition coefficient (Wildman–Crippen LogP) is 1.80. The van der Waals surface area contributed by atoms with Gasteiger partial charge in [-0.1, -0.05) is 18.2 Å². The van der Waals surface area contributed by atoms with Gasteiger partial charge in [-0.05, 0) is 37.9 Å². The summed E-state index contributed by atoms with van der Waals surface area (Å²) in [7, 11) is 0. The molecule has 0 saturated carbocycles. The molecular weight excluding hydrogens is 228 g/mol. The van der Waals surface area contributed by atoms with Gasteiger partial charge < -0.3 is 10.4 Å². The minimum atomic E-state index is -0.904. The number of nitrogens with zero attached hydrogens (tertiary/aromatic N) is 1. The maximum Gasteiger partial charge on any atom is 0.336 e. The molecule has 4 heteroatoms. The van der Waals surface area contributed by atoms with Crippen LogP contribution in [0.25, 0.3) is 0 Å². The molecule has 0 radical (unpaired) electrons. The molecule has 0 amide bonds. The van der Waals surface area contributed by atoms with E-state index in [9.17, 15) is 4.79 Å². The van der Waals surface area contributed by atoms with Crippen molar-refractivity contribution in [3.63, 3.8) is 0 Å². The molecule has 0 unspecified atom stereocenters. The lowest BCUT2D eigenvalue weighted by Crippen LogP contribution is -2.29. The zero-order valence-electron chi connectivity index (χ0n) is 10.3. The number of hydrogen-bond donors (Lipinski definition) is 2. The highest BCUT2D eigenvalue weighted by atomic mass is 16.4. The Morgan fingerprint density at radius 1 is 1.39 bits per heavy atom. The van der Waals surface area contributed by atoms with Gasteiger partial charge in [0, 0.05) is 18.3 Å². The normalized spacial score (nSPS) is 17.1. The van der Waals surface area contributed by atoms with Gasteiger partial charge in [-0.3, -0.25) is 4.99 Å². The smallest absolute Gasteiger partial charge is 0.336 e. The molecule has 1 aromatic rings. The SMILES string of the molecule is O=C(O)c1ccccc1C=NCC1CCNCC1. The molecule has 2 N–H and O–H groups in total. The van der Waals surface area contributed by atoms with Gasteiger partial charge in [0.2, 0.25) is 0 Å². The number of carbonyl (C=O) groups is 1. The van der Waals surface area contributed by atoms with Gasteiger partial charge in [0.15, 0.2) is 0 Å². The van der Waals surface area contributed by atoms with Crippen LogP contribution in [-0.4, -0.2) is 36.9 Å². The number of carboxylic acids is 1. The van der Waals surface area contributed by atoms with Crippen LogP contribution in [0.15, 0.2) is 29.3 Å². The molecule has 1 aromatic carbocycles. The summed E-state index contributed by atoms with van der Waals surface area (Å²) in [6, 6.07) is 6.95. The topological polar surface area (TPSA) is 61.7 Å². The van der Waals surface area contributed by atoms with Crippen LogP contribution in [0.4, 0.5) is 0 Å². The van der Waals surface area contributed by atoms with Gasteiger partial charge in [0.1, 0.15) is 0 Å². The Balaban J connectivity index is 1.97. The average Bonchev–Trinajstić information content (AvgIpc) is 2.40. The van der Waals surface area contributed by atoms with Crippen LogP contribution in [0.5, 0.6) is 0 Å². The predicted molar refractivity (Wildman–Crippen MR) is 71.5 cm³/mol. The summed E-state index contributed by atoms with van der Waals surface area (Å²) in [5.41, 5.74) is 0.991. The molecule has 0 aromatic heterocycles. The highest BCUT2D eigenvalue weighted by molar-refractivity contribution is 5.98. The van der Waals surface area contributed by atoms with Crippen molar-refractivity contribution in [1.29, 1.82) is 0 Å². The first-order valence-corrected chi connectivity index (χ1v) is 6.30. The molecule has 0 aliphatic carbocycles. The molecule has 1 heterocycles. The molecule has 1 saturated heterocycles. The van der Waals surface area contributed by atoms with Crippen molar-refractivity contribution in [1.82, 2.24) is 5.32 Å². The summed E-state index contributed by atoms with van der Waals surface area (Å²) in [4.78, 5) is 15.4. The number of piperidine rings is 1. The van der Waals surface area contributed by atoms with E-state index < -0.39 is 5.97 Å². The van der Waals surface area contributed by atoms with E-state index >= 15 is 0 Å². The molecule has 0 bridgehead atoms. The number of benzene rings is 1. The Kier molecular flexibility index (Phi) is 4.47. The first-order chi connectivity index (χ1) is 8.77. The van der Waals surface area contributed by atoms with Gasteiger partial charge in [0.05, 0.1) is 5.56 Å². The van der Waals surface area contributed by atoms with E-state index in [0.717, 1.165) is 32.5 Å². The quantitative estimate of drug-likeness (QED) is 0.796. The summed E-state index contributed by atoms with van der Waals surface area (Å²) in [5, 5.41) is 12.4. The summed E-state index contributed by atoms with van der Waals surface area (Å²) in [6.07, 6.45) is 3.99. The zero-order chi connectivity index (χ0) is 12.8. The molecule has 4 nitrogen and oxygen atoms in total. The first kappa shape index (κ1) is 12.8. The third kappa shape index (κ3) is 3.40. The number of aromatic carboxylic acids is 1. The van der Waals surface area contributed by atoms with Crippen LogP contribution in [0, 0.1) is 5.92 Å². The van der Waals surface area contributed by atoms with Gasteiger partial charge in [-0.25, -0.2) is 4.79 Å². The Labute approximate surface area is 107 Å². The molecule has 1 aliphatic rings. The number of carboxylic acid groups (broad SMARTS) is 1. The van der Waals surface area contributed by atoms with E-state index in [0.29, 0.717) is 17.0 Å². The van der Waals surface area contributed by atoms with E-state index in [4.69, 9.17) is 5.11 Å². The van der Waals surface area contributed by atoms with Gasteiger partial charge >= 0.3 is 5.97 Å². The van der Waals surface area contributed by atoms with Crippen LogP contribution >= 0.6 is 0 Å². The molecule has 1 aliphatic heterocycles. The second-order valence-corrected chi connectivity index (χ2v) is 4.58. The van der Waals surface area contributed by atoms with Crippen molar-refractivity contribution in [3.8, 4) is 0 Å². The Bertz CT molecular complexity index is 437. The van der Waals surface area contributed by atoms with Gasteiger partial charge in [0.25, 0.3) is 0 Å². The largest absolute Gasteiger partial charge is 0.478 e. The first-order valence-electron chi connectivity index (χ1n) is 6.30. The molecule has 0 atom stereocenters. The number of hydrogen-bond acceptors (Lipinski definition) is 3. The van der Waals surface area contributed by atoms with E-state index in [-0.39, 0.29) is 0 Å². The second kappa shape index (κ2) is 6.31.